The molecule has 180 valence electrons. The number of alkyl halides is 5. The van der Waals surface area contributed by atoms with Crippen LogP contribution in [0.3, 0.4) is 0 Å². The number of hydrogen-bond acceptors (Lipinski definition) is 5. The molecule has 0 saturated heterocycles. The molecule has 0 fully saturated rings. The Morgan fingerprint density at radius 1 is 0.943 bits per heavy atom. The highest BCUT2D eigenvalue weighted by Crippen LogP contribution is 2.30. The number of halogens is 5. The molecule has 0 spiro atoms. The summed E-state index contributed by atoms with van der Waals surface area (Å²) in [6.07, 6.45) is 2.42. The van der Waals surface area contributed by atoms with E-state index in [4.69, 9.17) is 0 Å². The van der Waals surface area contributed by atoms with Gasteiger partial charge in [-0.2, -0.15) is 27.1 Å². The molecule has 4 aromatic rings. The van der Waals surface area contributed by atoms with Crippen molar-refractivity contribution in [1.29, 1.82) is 0 Å². The summed E-state index contributed by atoms with van der Waals surface area (Å²) < 4.78 is 64.2. The van der Waals surface area contributed by atoms with Crippen molar-refractivity contribution in [3.63, 3.8) is 0 Å². The Hall–Kier alpha value is -4.22. The van der Waals surface area contributed by atoms with E-state index in [1.165, 1.54) is 12.4 Å². The second-order valence-corrected chi connectivity index (χ2v) is 7.52. The predicted octanol–water partition coefficient (Wildman–Crippen LogP) is 4.92. The first-order chi connectivity index (χ1) is 16.7. The van der Waals surface area contributed by atoms with Gasteiger partial charge in [-0.1, -0.05) is 24.3 Å². The summed E-state index contributed by atoms with van der Waals surface area (Å²) in [5, 5.41) is 5.94. The Labute approximate surface area is 195 Å². The molecule has 0 bridgehead atoms. The summed E-state index contributed by atoms with van der Waals surface area (Å²) in [6, 6.07) is 8.54. The zero-order chi connectivity index (χ0) is 25.0. The van der Waals surface area contributed by atoms with E-state index in [2.05, 4.69) is 25.4 Å². The molecular weight excluding hydrogens is 471 g/mol. The number of aromatic nitrogens is 5. The van der Waals surface area contributed by atoms with Crippen LogP contribution in [0.4, 0.5) is 27.8 Å². The second-order valence-electron chi connectivity index (χ2n) is 7.52. The van der Waals surface area contributed by atoms with Crippen LogP contribution in [0.15, 0.2) is 67.4 Å². The van der Waals surface area contributed by atoms with Crippen LogP contribution in [0, 0.1) is 0 Å². The first kappa shape index (κ1) is 23.9. The standard InChI is InChI=1S/C23H17F5N6O/c24-22(25)34-13-15(10-32-34)7-19-30-11-17(12-31-19)16-3-1-14(2-4-16)8-21(35)33-20-9-18(5-6-29-20)23(26,27)28/h1-6,9-13,22H,7-8H2,(H,29,33,35). The summed E-state index contributed by atoms with van der Waals surface area (Å²) in [5.74, 6) is -0.244. The third-order valence-corrected chi connectivity index (χ3v) is 4.93. The Morgan fingerprint density at radius 2 is 1.66 bits per heavy atom. The van der Waals surface area contributed by atoms with Crippen LogP contribution in [-0.2, 0) is 23.8 Å². The van der Waals surface area contributed by atoms with Crippen molar-refractivity contribution < 1.29 is 26.7 Å². The molecule has 35 heavy (non-hydrogen) atoms. The predicted molar refractivity (Wildman–Crippen MR) is 115 cm³/mol. The molecule has 0 aliphatic rings. The fourth-order valence-electron chi connectivity index (χ4n) is 3.22. The number of pyridine rings is 1. The molecule has 1 aromatic carbocycles. The van der Waals surface area contributed by atoms with Gasteiger partial charge in [-0.05, 0) is 28.8 Å². The van der Waals surface area contributed by atoms with Crippen molar-refractivity contribution in [2.75, 3.05) is 5.32 Å². The summed E-state index contributed by atoms with van der Waals surface area (Å²) in [7, 11) is 0. The van der Waals surface area contributed by atoms with Gasteiger partial charge in [-0.15, -0.1) is 0 Å². The zero-order valence-electron chi connectivity index (χ0n) is 17.9. The van der Waals surface area contributed by atoms with Crippen molar-refractivity contribution >= 4 is 11.7 Å². The molecule has 0 unspecified atom stereocenters. The lowest BCUT2D eigenvalue weighted by Crippen LogP contribution is -2.16. The summed E-state index contributed by atoms with van der Waals surface area (Å²) in [5.41, 5.74) is 1.79. The third-order valence-electron chi connectivity index (χ3n) is 4.93. The summed E-state index contributed by atoms with van der Waals surface area (Å²) in [6.45, 7) is -2.71. The van der Waals surface area contributed by atoms with E-state index in [-0.39, 0.29) is 18.7 Å². The average Bonchev–Trinajstić information content (AvgIpc) is 3.29. The Balaban J connectivity index is 1.35. The van der Waals surface area contributed by atoms with E-state index >= 15 is 0 Å². The minimum Gasteiger partial charge on any atom is -0.310 e. The van der Waals surface area contributed by atoms with Crippen LogP contribution < -0.4 is 5.32 Å². The smallest absolute Gasteiger partial charge is 0.310 e. The average molecular weight is 488 g/mol. The van der Waals surface area contributed by atoms with Crippen LogP contribution in [0.5, 0.6) is 0 Å². The van der Waals surface area contributed by atoms with Gasteiger partial charge >= 0.3 is 12.7 Å². The molecular formula is C23H17F5N6O. The normalized spacial score (nSPS) is 11.6. The number of carbonyl (C=O) groups is 1. The maximum Gasteiger partial charge on any atom is 0.416 e. The molecule has 3 aromatic heterocycles. The number of amides is 1. The number of hydrogen-bond donors (Lipinski definition) is 1. The van der Waals surface area contributed by atoms with Gasteiger partial charge in [0.15, 0.2) is 0 Å². The first-order valence-corrected chi connectivity index (χ1v) is 10.2. The molecule has 4 rings (SSSR count). The Morgan fingerprint density at radius 3 is 2.29 bits per heavy atom. The van der Waals surface area contributed by atoms with Crippen molar-refractivity contribution in [3.8, 4) is 11.1 Å². The van der Waals surface area contributed by atoms with Gasteiger partial charge in [0.2, 0.25) is 5.91 Å². The summed E-state index contributed by atoms with van der Waals surface area (Å²) >= 11 is 0. The molecule has 0 atom stereocenters. The van der Waals surface area contributed by atoms with Gasteiger partial charge in [-0.25, -0.2) is 19.6 Å². The van der Waals surface area contributed by atoms with Gasteiger partial charge < -0.3 is 5.32 Å². The number of anilines is 1. The SMILES string of the molecule is O=C(Cc1ccc(-c2cnc(Cc3cnn(C(F)F)c3)nc2)cc1)Nc1cc(C(F)(F)F)ccn1. The van der Waals surface area contributed by atoms with Crippen LogP contribution in [0.2, 0.25) is 0 Å². The Bertz CT molecular complexity index is 1300. The minimum atomic E-state index is -4.53. The molecule has 0 radical (unpaired) electrons. The maximum absolute atomic E-state index is 12.8. The maximum atomic E-state index is 12.8. The van der Waals surface area contributed by atoms with E-state index in [1.54, 1.807) is 36.7 Å². The van der Waals surface area contributed by atoms with Crippen molar-refractivity contribution in [3.05, 3.63) is 89.9 Å². The summed E-state index contributed by atoms with van der Waals surface area (Å²) in [4.78, 5) is 24.5. The van der Waals surface area contributed by atoms with E-state index in [0.717, 1.165) is 23.9 Å². The monoisotopic (exact) mass is 488 g/mol. The highest BCUT2D eigenvalue weighted by atomic mass is 19.4. The van der Waals surface area contributed by atoms with Gasteiger partial charge in [0.1, 0.15) is 11.6 Å². The van der Waals surface area contributed by atoms with E-state index in [0.29, 0.717) is 27.2 Å². The van der Waals surface area contributed by atoms with Crippen LogP contribution in [0.1, 0.15) is 29.1 Å². The molecule has 1 amide bonds. The molecule has 0 aliphatic carbocycles. The van der Waals surface area contributed by atoms with Gasteiger partial charge in [-0.3, -0.25) is 4.79 Å². The van der Waals surface area contributed by atoms with Crippen molar-refractivity contribution in [2.45, 2.75) is 25.6 Å². The lowest BCUT2D eigenvalue weighted by atomic mass is 10.0. The third kappa shape index (κ3) is 6.22. The number of nitrogens with one attached hydrogen (secondary N) is 1. The minimum absolute atomic E-state index is 0.0556. The number of nitrogens with zero attached hydrogens (tertiary/aromatic N) is 5. The molecule has 0 aliphatic heterocycles. The number of carbonyl (C=O) groups excluding carboxylic acids is 1. The second kappa shape index (κ2) is 9.95. The molecule has 7 nitrogen and oxygen atoms in total. The lowest BCUT2D eigenvalue weighted by molar-refractivity contribution is -0.137. The molecule has 12 heteroatoms. The largest absolute Gasteiger partial charge is 0.416 e. The van der Waals surface area contributed by atoms with Crippen LogP contribution in [-0.4, -0.2) is 30.6 Å². The van der Waals surface area contributed by atoms with Gasteiger partial charge in [0.05, 0.1) is 18.2 Å². The van der Waals surface area contributed by atoms with Gasteiger partial charge in [0.25, 0.3) is 0 Å². The Kier molecular flexibility index (Phi) is 6.80. The quantitative estimate of drug-likeness (QED) is 0.373. The van der Waals surface area contributed by atoms with Crippen LogP contribution >= 0.6 is 0 Å². The van der Waals surface area contributed by atoms with E-state index in [9.17, 15) is 26.7 Å². The highest BCUT2D eigenvalue weighted by molar-refractivity contribution is 5.91. The van der Waals surface area contributed by atoms with Crippen LogP contribution in [0.25, 0.3) is 11.1 Å². The van der Waals surface area contributed by atoms with Gasteiger partial charge in [0, 0.05) is 36.8 Å². The van der Waals surface area contributed by atoms with Crippen molar-refractivity contribution in [2.24, 2.45) is 0 Å². The van der Waals surface area contributed by atoms with E-state index in [1.807, 2.05) is 0 Å². The molecule has 1 N–H and O–H groups in total. The molecule has 3 heterocycles. The van der Waals surface area contributed by atoms with E-state index < -0.39 is 24.2 Å². The van der Waals surface area contributed by atoms with Crippen molar-refractivity contribution in [1.82, 2.24) is 24.7 Å². The number of benzene rings is 1. The fourth-order valence-corrected chi connectivity index (χ4v) is 3.22. The molecule has 0 saturated carbocycles. The zero-order valence-corrected chi connectivity index (χ0v) is 17.9. The highest BCUT2D eigenvalue weighted by Gasteiger charge is 2.30. The lowest BCUT2D eigenvalue weighted by Gasteiger charge is -2.09. The topological polar surface area (TPSA) is 85.6 Å². The fraction of sp³-hybridized carbons (Fsp3) is 0.174. The first-order valence-electron chi connectivity index (χ1n) is 10.2. The number of rotatable bonds is 7.